The van der Waals surface area contributed by atoms with Crippen molar-refractivity contribution in [2.24, 2.45) is 0 Å². The van der Waals surface area contributed by atoms with Gasteiger partial charge in [-0.25, -0.2) is 0 Å². The summed E-state index contributed by atoms with van der Waals surface area (Å²) in [6.45, 7) is 7.92. The van der Waals surface area contributed by atoms with Gasteiger partial charge in [-0.2, -0.15) is 0 Å². The van der Waals surface area contributed by atoms with Gasteiger partial charge in [0, 0.05) is 16.9 Å². The van der Waals surface area contributed by atoms with Gasteiger partial charge in [0.2, 0.25) is 0 Å². The van der Waals surface area contributed by atoms with E-state index < -0.39 is 0 Å². The number of methoxy groups -OCH3 is 1. The molecule has 1 aliphatic rings. The number of unbranched alkanes of at least 4 members (excludes halogenated alkanes) is 1. The molecule has 0 unspecified atom stereocenters. The predicted octanol–water partition coefficient (Wildman–Crippen LogP) is 4.46. The molecule has 0 bridgehead atoms. The van der Waals surface area contributed by atoms with E-state index in [1.165, 1.54) is 19.3 Å². The number of esters is 1. The van der Waals surface area contributed by atoms with Gasteiger partial charge in [0.1, 0.15) is 0 Å². The topological polar surface area (TPSA) is 26.3 Å². The third-order valence-electron chi connectivity index (χ3n) is 2.66. The molecule has 4 heteroatoms. The highest BCUT2D eigenvalue weighted by molar-refractivity contribution is 8.77. The third-order valence-corrected chi connectivity index (χ3v) is 5.91. The van der Waals surface area contributed by atoms with Crippen molar-refractivity contribution in [2.75, 3.05) is 12.9 Å². The summed E-state index contributed by atoms with van der Waals surface area (Å²) in [6, 6.07) is 0. The molecule has 0 N–H and O–H groups in total. The zero-order valence-electron chi connectivity index (χ0n) is 11.2. The van der Waals surface area contributed by atoms with Crippen LogP contribution in [0.25, 0.3) is 0 Å². The van der Waals surface area contributed by atoms with Crippen LogP contribution in [-0.2, 0) is 9.53 Å². The lowest BCUT2D eigenvalue weighted by Gasteiger charge is -2.22. The lowest BCUT2D eigenvalue weighted by atomic mass is 9.97. The second-order valence-corrected chi connectivity index (χ2v) is 6.54. The van der Waals surface area contributed by atoms with Crippen LogP contribution in [0.15, 0.2) is 12.7 Å². The smallest absolute Gasteiger partial charge is 0.305 e. The Morgan fingerprint density at radius 2 is 2.18 bits per heavy atom. The summed E-state index contributed by atoms with van der Waals surface area (Å²) in [5.74, 6) is 1.12. The van der Waals surface area contributed by atoms with Gasteiger partial charge >= 0.3 is 5.97 Å². The van der Waals surface area contributed by atoms with Crippen LogP contribution in [0.3, 0.4) is 0 Å². The zero-order chi connectivity index (χ0) is 13.1. The Morgan fingerprint density at radius 1 is 1.47 bits per heavy atom. The molecule has 0 saturated carbocycles. The first-order chi connectivity index (χ1) is 8.22. The van der Waals surface area contributed by atoms with Gasteiger partial charge in [0.15, 0.2) is 0 Å². The van der Waals surface area contributed by atoms with Crippen LogP contribution >= 0.6 is 21.6 Å². The largest absolute Gasteiger partial charge is 0.469 e. The molecule has 1 heterocycles. The molecule has 17 heavy (non-hydrogen) atoms. The molecule has 1 aliphatic heterocycles. The fourth-order valence-electron chi connectivity index (χ4n) is 1.62. The molecule has 1 rings (SSSR count). The van der Waals surface area contributed by atoms with Gasteiger partial charge in [-0.05, 0) is 19.3 Å². The average Bonchev–Trinajstić information content (AvgIpc) is 2.86. The molecule has 0 aromatic rings. The van der Waals surface area contributed by atoms with Crippen LogP contribution in [0, 0.1) is 0 Å². The average molecular weight is 276 g/mol. The van der Waals surface area contributed by atoms with Crippen molar-refractivity contribution < 1.29 is 9.53 Å². The summed E-state index contributed by atoms with van der Waals surface area (Å²) < 4.78 is 4.87. The van der Waals surface area contributed by atoms with E-state index in [4.69, 9.17) is 0 Å². The van der Waals surface area contributed by atoms with Crippen molar-refractivity contribution in [3.63, 3.8) is 0 Å². The summed E-state index contributed by atoms with van der Waals surface area (Å²) in [4.78, 5) is 10.9. The quantitative estimate of drug-likeness (QED) is 0.310. The van der Waals surface area contributed by atoms with Crippen LogP contribution in [0.4, 0.5) is 0 Å². The Labute approximate surface area is 113 Å². The number of rotatable bonds is 6. The number of carbonyl (C=O) groups excluding carboxylic acids is 1. The van der Waals surface area contributed by atoms with Crippen molar-refractivity contribution in [1.29, 1.82) is 0 Å². The van der Waals surface area contributed by atoms with E-state index in [1.54, 1.807) is 0 Å². The van der Waals surface area contributed by atoms with E-state index in [0.29, 0.717) is 6.42 Å². The molecule has 0 aromatic heterocycles. The Hall–Kier alpha value is -0.0900. The van der Waals surface area contributed by atoms with E-state index in [1.807, 2.05) is 35.4 Å². The van der Waals surface area contributed by atoms with E-state index in [-0.39, 0.29) is 10.7 Å². The van der Waals surface area contributed by atoms with Crippen LogP contribution in [-0.4, -0.2) is 23.6 Å². The molecule has 1 atom stereocenters. The Morgan fingerprint density at radius 3 is 2.65 bits per heavy atom. The summed E-state index contributed by atoms with van der Waals surface area (Å²) >= 11 is 0. The molecule has 2 nitrogen and oxygen atoms in total. The first kappa shape index (κ1) is 16.9. The van der Waals surface area contributed by atoms with Gasteiger partial charge in [0.05, 0.1) is 7.11 Å². The molecule has 1 saturated heterocycles. The van der Waals surface area contributed by atoms with E-state index in [9.17, 15) is 4.79 Å². The maximum absolute atomic E-state index is 10.9. The zero-order valence-corrected chi connectivity index (χ0v) is 12.8. The Kier molecular flexibility index (Phi) is 9.84. The third kappa shape index (κ3) is 6.41. The summed E-state index contributed by atoms with van der Waals surface area (Å²) in [7, 11) is 5.31. The van der Waals surface area contributed by atoms with Crippen molar-refractivity contribution in [3.05, 3.63) is 12.7 Å². The van der Waals surface area contributed by atoms with Crippen molar-refractivity contribution in [1.82, 2.24) is 0 Å². The minimum atomic E-state index is -0.101. The first-order valence-electron chi connectivity index (χ1n) is 6.23. The standard InChI is InChI=1S/C11H18O2S2.C2H6/c1-3-11(8-9-14-15-11)7-5-4-6-10(12)13-2;1-2/h3H,1,4-9H2,2H3;1-2H3/t11-;/m1./s1. The van der Waals surface area contributed by atoms with Crippen LogP contribution in [0.2, 0.25) is 0 Å². The van der Waals surface area contributed by atoms with Gasteiger partial charge in [-0.3, -0.25) is 4.79 Å². The minimum absolute atomic E-state index is 0.101. The fraction of sp³-hybridized carbons (Fsp3) is 0.769. The molecular weight excluding hydrogens is 252 g/mol. The van der Waals surface area contributed by atoms with E-state index in [2.05, 4.69) is 17.4 Å². The van der Waals surface area contributed by atoms with Crippen molar-refractivity contribution in [3.8, 4) is 0 Å². The van der Waals surface area contributed by atoms with E-state index >= 15 is 0 Å². The lowest BCUT2D eigenvalue weighted by Crippen LogP contribution is -2.17. The number of hydrogen-bond donors (Lipinski definition) is 0. The van der Waals surface area contributed by atoms with Crippen LogP contribution in [0.1, 0.15) is 46.0 Å². The maximum Gasteiger partial charge on any atom is 0.305 e. The number of carbonyl (C=O) groups is 1. The molecule has 0 aromatic carbocycles. The Balaban J connectivity index is 0.00000121. The van der Waals surface area contributed by atoms with Crippen LogP contribution < -0.4 is 0 Å². The summed E-state index contributed by atoms with van der Waals surface area (Å²) in [5, 5.41) is 0. The summed E-state index contributed by atoms with van der Waals surface area (Å²) in [6.07, 6.45) is 6.97. The lowest BCUT2D eigenvalue weighted by molar-refractivity contribution is -0.140. The second kappa shape index (κ2) is 9.89. The highest BCUT2D eigenvalue weighted by Crippen LogP contribution is 2.50. The monoisotopic (exact) mass is 276 g/mol. The first-order valence-corrected chi connectivity index (χ1v) is 8.55. The second-order valence-electron chi connectivity index (χ2n) is 3.71. The van der Waals surface area contributed by atoms with E-state index in [0.717, 1.165) is 19.3 Å². The predicted molar refractivity (Wildman–Crippen MR) is 79.4 cm³/mol. The van der Waals surface area contributed by atoms with Gasteiger partial charge in [-0.15, -0.1) is 6.58 Å². The maximum atomic E-state index is 10.9. The molecule has 1 fully saturated rings. The van der Waals surface area contributed by atoms with Crippen LogP contribution in [0.5, 0.6) is 0 Å². The minimum Gasteiger partial charge on any atom is -0.469 e. The molecule has 0 amide bonds. The van der Waals surface area contributed by atoms with Gasteiger partial charge in [-0.1, -0.05) is 47.9 Å². The number of hydrogen-bond acceptors (Lipinski definition) is 4. The SMILES string of the molecule is C=C[C@@]1(CCCCC(=O)OC)CCSS1.CC. The highest BCUT2D eigenvalue weighted by Gasteiger charge is 2.31. The highest BCUT2D eigenvalue weighted by atomic mass is 33.1. The van der Waals surface area contributed by atoms with Crippen molar-refractivity contribution in [2.45, 2.75) is 50.7 Å². The fourth-order valence-corrected chi connectivity index (χ4v) is 4.90. The van der Waals surface area contributed by atoms with Crippen molar-refractivity contribution >= 4 is 27.6 Å². The molecule has 0 radical (unpaired) electrons. The number of ether oxygens (including phenoxy) is 1. The molecule has 0 spiro atoms. The molecular formula is C13H24O2S2. The summed E-state index contributed by atoms with van der Waals surface area (Å²) in [5.41, 5.74) is 0. The van der Waals surface area contributed by atoms with Gasteiger partial charge in [0.25, 0.3) is 0 Å². The normalized spacial score (nSPS) is 22.5. The van der Waals surface area contributed by atoms with Gasteiger partial charge < -0.3 is 4.74 Å². The molecule has 100 valence electrons. The Bertz CT molecular complexity index is 223. The molecule has 0 aliphatic carbocycles.